The number of hydrogen-bond acceptors (Lipinski definition) is 1. The zero-order chi connectivity index (χ0) is 4.28. The number of hydrogen-bond donors (Lipinski definition) is 1. The molecule has 0 saturated carbocycles. The predicted molar refractivity (Wildman–Crippen MR) is 30.5 cm³/mol. The van der Waals surface area contributed by atoms with Crippen molar-refractivity contribution in [3.8, 4) is 0 Å². The first-order chi connectivity index (χ1) is 2.27. The van der Waals surface area contributed by atoms with Gasteiger partial charge >= 0.3 is 5.68 Å². The summed E-state index contributed by atoms with van der Waals surface area (Å²) in [5, 5.41) is 0. The Bertz CT molecular complexity index is 23.6. The molecule has 0 spiro atoms. The Labute approximate surface area is 44.5 Å². The van der Waals surface area contributed by atoms with E-state index in [0.29, 0.717) is 0 Å². The summed E-state index contributed by atoms with van der Waals surface area (Å²) in [6.45, 7) is 0. The van der Waals surface area contributed by atoms with Crippen LogP contribution in [0.2, 0.25) is 0 Å². The van der Waals surface area contributed by atoms with Crippen LogP contribution in [0.5, 0.6) is 0 Å². The number of rotatable bonds is 1. The Kier molecular flexibility index (Phi) is 3.53. The lowest BCUT2D eigenvalue weighted by Gasteiger charge is -1.83. The highest BCUT2D eigenvalue weighted by molar-refractivity contribution is 7.33. The Morgan fingerprint density at radius 1 is 1.60 bits per heavy atom. The molecule has 0 aromatic heterocycles. The average molecular weight is 128 g/mol. The van der Waals surface area contributed by atoms with Gasteiger partial charge in [-0.3, -0.25) is 0 Å². The molecule has 1 nitrogen and oxygen atoms in total. The summed E-state index contributed by atoms with van der Waals surface area (Å²) in [5.74, 6) is 0. The molecule has 0 aliphatic heterocycles. The van der Waals surface area contributed by atoms with Crippen molar-refractivity contribution in [2.24, 2.45) is 0 Å². The Morgan fingerprint density at radius 3 is 1.80 bits per heavy atom. The third kappa shape index (κ3) is 4.82. The van der Waals surface area contributed by atoms with Gasteiger partial charge in [0.1, 0.15) is 0 Å². The molecule has 0 saturated heterocycles. The van der Waals surface area contributed by atoms with Gasteiger partial charge in [-0.05, 0) is 0 Å². The van der Waals surface area contributed by atoms with Gasteiger partial charge in [-0.1, -0.05) is 0 Å². The average Bonchev–Trinajstić information content (AvgIpc) is 1.38. The van der Waals surface area contributed by atoms with Gasteiger partial charge in [0.25, 0.3) is 0 Å². The van der Waals surface area contributed by atoms with Crippen LogP contribution in [0.1, 0.15) is 0 Å². The van der Waals surface area contributed by atoms with E-state index in [4.69, 9.17) is 22.9 Å². The van der Waals surface area contributed by atoms with Crippen molar-refractivity contribution in [3.63, 3.8) is 0 Å². The molecule has 0 aromatic rings. The summed E-state index contributed by atoms with van der Waals surface area (Å²) >= 11 is 10.3. The van der Waals surface area contributed by atoms with Gasteiger partial charge in [0.05, 0.1) is 10.4 Å². The summed E-state index contributed by atoms with van der Waals surface area (Å²) in [4.78, 5) is 2.70. The molecule has 0 bridgehead atoms. The molecule has 0 fully saturated rings. The number of halogens is 2. The van der Waals surface area contributed by atoms with E-state index in [1.807, 2.05) is 0 Å². The molecule has 1 N–H and O–H groups in total. The Morgan fingerprint density at radius 2 is 1.80 bits per heavy atom. The standard InChI is InChI=1S/BCl2H4NSi/c2-1(3)4-5/h4H,5H3. The van der Waals surface area contributed by atoms with Crippen molar-refractivity contribution in [2.45, 2.75) is 0 Å². The summed E-state index contributed by atoms with van der Waals surface area (Å²) < 4.78 is 0. The van der Waals surface area contributed by atoms with E-state index in [2.05, 4.69) is 4.89 Å². The van der Waals surface area contributed by atoms with Crippen molar-refractivity contribution < 1.29 is 0 Å². The van der Waals surface area contributed by atoms with E-state index in [0.717, 1.165) is 10.4 Å². The van der Waals surface area contributed by atoms with Crippen LogP contribution in [-0.4, -0.2) is 16.1 Å². The molecule has 0 aromatic carbocycles. The largest absolute Gasteiger partial charge is 0.424 e. The predicted octanol–water partition coefficient (Wildman–Crippen LogP) is -0.681. The minimum absolute atomic E-state index is 0.360. The van der Waals surface area contributed by atoms with Crippen LogP contribution in [0.3, 0.4) is 0 Å². The lowest BCUT2D eigenvalue weighted by atomic mass is 10.4. The molecule has 0 aliphatic rings. The highest BCUT2D eigenvalue weighted by atomic mass is 35.5. The van der Waals surface area contributed by atoms with Crippen molar-refractivity contribution in [2.75, 3.05) is 0 Å². The molecular weight excluding hydrogens is 124 g/mol. The summed E-state index contributed by atoms with van der Waals surface area (Å²) in [6, 6.07) is 0. The minimum atomic E-state index is -0.360. The first kappa shape index (κ1) is 5.82. The van der Waals surface area contributed by atoms with E-state index in [9.17, 15) is 0 Å². The zero-order valence-electron chi connectivity index (χ0n) is 2.83. The fourth-order valence-corrected chi connectivity index (χ4v) is 0. The number of nitrogens with one attached hydrogen (secondary N) is 1. The van der Waals surface area contributed by atoms with E-state index in [1.165, 1.54) is 0 Å². The van der Waals surface area contributed by atoms with Gasteiger partial charge < -0.3 is 4.89 Å². The molecule has 0 atom stereocenters. The molecule has 0 heterocycles. The molecule has 0 unspecified atom stereocenters. The van der Waals surface area contributed by atoms with Crippen LogP contribution in [0.25, 0.3) is 0 Å². The van der Waals surface area contributed by atoms with E-state index in [1.54, 1.807) is 0 Å². The van der Waals surface area contributed by atoms with Crippen LogP contribution in [0.4, 0.5) is 0 Å². The van der Waals surface area contributed by atoms with E-state index in [-0.39, 0.29) is 5.68 Å². The molecule has 0 amide bonds. The second-order valence-corrected chi connectivity index (χ2v) is 2.26. The van der Waals surface area contributed by atoms with Gasteiger partial charge in [-0.2, -0.15) is 0 Å². The van der Waals surface area contributed by atoms with Gasteiger partial charge in [0.2, 0.25) is 0 Å². The molecule has 5 heavy (non-hydrogen) atoms. The molecular formula is H4BCl2NSi. The van der Waals surface area contributed by atoms with Crippen LogP contribution in [0, 0.1) is 0 Å². The maximum absolute atomic E-state index is 5.15. The van der Waals surface area contributed by atoms with Gasteiger partial charge in [0, 0.05) is 0 Å². The molecule has 5 heteroatoms. The lowest BCUT2D eigenvalue weighted by Crippen LogP contribution is -2.18. The first-order valence-corrected chi connectivity index (χ1v) is 3.10. The highest BCUT2D eigenvalue weighted by Gasteiger charge is 1.95. The van der Waals surface area contributed by atoms with Crippen LogP contribution in [-0.2, 0) is 0 Å². The van der Waals surface area contributed by atoms with Gasteiger partial charge in [-0.15, -0.1) is 22.9 Å². The molecule has 0 radical (unpaired) electrons. The summed E-state index contributed by atoms with van der Waals surface area (Å²) in [6.07, 6.45) is 0. The van der Waals surface area contributed by atoms with Gasteiger partial charge in [-0.25, -0.2) is 0 Å². The second kappa shape index (κ2) is 3.03. The fourth-order valence-electron chi connectivity index (χ4n) is 0. The van der Waals surface area contributed by atoms with Crippen molar-refractivity contribution in [1.29, 1.82) is 0 Å². The highest BCUT2D eigenvalue weighted by Crippen LogP contribution is 1.84. The summed E-state index contributed by atoms with van der Waals surface area (Å²) in [7, 11) is 0.860. The molecule has 0 rings (SSSR count). The zero-order valence-corrected chi connectivity index (χ0v) is 6.35. The third-order valence-corrected chi connectivity index (χ3v) is 1.96. The van der Waals surface area contributed by atoms with E-state index >= 15 is 0 Å². The monoisotopic (exact) mass is 127 g/mol. The maximum Gasteiger partial charge on any atom is 0.424 e. The van der Waals surface area contributed by atoms with Crippen molar-refractivity contribution in [3.05, 3.63) is 0 Å². The fraction of sp³-hybridized carbons (Fsp3) is 0. The third-order valence-electron chi connectivity index (χ3n) is 0.218. The minimum Gasteiger partial charge on any atom is -0.358 e. The molecule has 0 aliphatic carbocycles. The summed E-state index contributed by atoms with van der Waals surface area (Å²) in [5.41, 5.74) is -0.360. The lowest BCUT2D eigenvalue weighted by molar-refractivity contribution is 1.65. The molecule has 30 valence electrons. The smallest absolute Gasteiger partial charge is 0.358 e. The Hall–Kier alpha value is 0.822. The van der Waals surface area contributed by atoms with Crippen molar-refractivity contribution >= 4 is 39.0 Å². The van der Waals surface area contributed by atoms with Crippen LogP contribution < -0.4 is 4.89 Å². The topological polar surface area (TPSA) is 12.0 Å². The van der Waals surface area contributed by atoms with Gasteiger partial charge in [0.15, 0.2) is 0 Å². The van der Waals surface area contributed by atoms with E-state index < -0.39 is 0 Å². The van der Waals surface area contributed by atoms with Crippen LogP contribution in [0.15, 0.2) is 0 Å². The van der Waals surface area contributed by atoms with Crippen molar-refractivity contribution in [1.82, 2.24) is 4.89 Å². The normalized spacial score (nSPS) is 8.40. The SMILES string of the molecule is [SiH3]NB(Cl)Cl. The van der Waals surface area contributed by atoms with Crippen LogP contribution >= 0.6 is 22.9 Å². The second-order valence-electron chi connectivity index (χ2n) is 0.589. The quantitative estimate of drug-likeness (QED) is 0.461. The Balaban J connectivity index is 2.54. The first-order valence-electron chi connectivity index (χ1n) is 1.23. The maximum atomic E-state index is 5.15.